The van der Waals surface area contributed by atoms with Crippen LogP contribution in [0.3, 0.4) is 0 Å². The Morgan fingerprint density at radius 2 is 2.05 bits per heavy atom. The second-order valence-corrected chi connectivity index (χ2v) is 5.92. The highest BCUT2D eigenvalue weighted by Gasteiger charge is 2.30. The summed E-state index contributed by atoms with van der Waals surface area (Å²) >= 11 is 0. The molecule has 3 heterocycles. The lowest BCUT2D eigenvalue weighted by Crippen LogP contribution is -2.55. The number of nitrogens with one attached hydrogen (secondary N) is 1. The second-order valence-electron chi connectivity index (χ2n) is 5.92. The van der Waals surface area contributed by atoms with Gasteiger partial charge >= 0.3 is 0 Å². The third kappa shape index (κ3) is 3.49. The van der Waals surface area contributed by atoms with E-state index in [9.17, 15) is 4.79 Å². The standard InChI is InChI=1S/C14H25N3O3/c18-14(13-9-15-2-8-20-13)17-5-3-16(4-6-17)10-12-1-7-19-11-12/h12-13,15H,1-11H2. The molecule has 3 fully saturated rings. The van der Waals surface area contributed by atoms with Gasteiger partial charge in [0.1, 0.15) is 6.10 Å². The first-order valence-electron chi connectivity index (χ1n) is 7.74. The van der Waals surface area contributed by atoms with Gasteiger partial charge in [-0.2, -0.15) is 0 Å². The molecule has 0 aromatic heterocycles. The molecule has 0 aromatic rings. The normalized spacial score (nSPS) is 32.5. The average molecular weight is 283 g/mol. The van der Waals surface area contributed by atoms with E-state index in [1.807, 2.05) is 4.90 Å². The van der Waals surface area contributed by atoms with Crippen LogP contribution in [0.4, 0.5) is 0 Å². The molecule has 6 nitrogen and oxygen atoms in total. The van der Waals surface area contributed by atoms with E-state index in [4.69, 9.17) is 9.47 Å². The number of ether oxygens (including phenoxy) is 2. The van der Waals surface area contributed by atoms with Crippen molar-refractivity contribution in [2.24, 2.45) is 5.92 Å². The first kappa shape index (κ1) is 14.3. The van der Waals surface area contributed by atoms with Crippen molar-refractivity contribution in [3.63, 3.8) is 0 Å². The van der Waals surface area contributed by atoms with E-state index in [1.165, 1.54) is 6.42 Å². The summed E-state index contributed by atoms with van der Waals surface area (Å²) in [5.74, 6) is 0.837. The predicted molar refractivity (Wildman–Crippen MR) is 74.6 cm³/mol. The van der Waals surface area contributed by atoms with Crippen LogP contribution in [0, 0.1) is 5.92 Å². The lowest BCUT2D eigenvalue weighted by molar-refractivity contribution is -0.147. The zero-order chi connectivity index (χ0) is 13.8. The second kappa shape index (κ2) is 6.85. The van der Waals surface area contributed by atoms with Crippen LogP contribution < -0.4 is 5.32 Å². The zero-order valence-corrected chi connectivity index (χ0v) is 12.1. The first-order valence-corrected chi connectivity index (χ1v) is 7.74. The van der Waals surface area contributed by atoms with Gasteiger partial charge in [0, 0.05) is 52.4 Å². The number of nitrogens with zero attached hydrogens (tertiary/aromatic N) is 2. The molecule has 0 aromatic carbocycles. The maximum Gasteiger partial charge on any atom is 0.253 e. The summed E-state index contributed by atoms with van der Waals surface area (Å²) in [5.41, 5.74) is 0. The highest BCUT2D eigenvalue weighted by atomic mass is 16.5. The van der Waals surface area contributed by atoms with Gasteiger partial charge in [-0.1, -0.05) is 0 Å². The summed E-state index contributed by atoms with van der Waals surface area (Å²) in [6, 6.07) is 0. The fourth-order valence-corrected chi connectivity index (χ4v) is 3.17. The van der Waals surface area contributed by atoms with Crippen molar-refractivity contribution in [2.75, 3.05) is 65.6 Å². The summed E-state index contributed by atoms with van der Waals surface area (Å²) in [7, 11) is 0. The van der Waals surface area contributed by atoms with E-state index in [0.717, 1.165) is 52.5 Å². The van der Waals surface area contributed by atoms with Gasteiger partial charge in [0.05, 0.1) is 13.2 Å². The topological polar surface area (TPSA) is 54.0 Å². The van der Waals surface area contributed by atoms with E-state index in [2.05, 4.69) is 10.2 Å². The third-order valence-corrected chi connectivity index (χ3v) is 4.43. The summed E-state index contributed by atoms with van der Waals surface area (Å²) in [6.07, 6.45) is 0.902. The van der Waals surface area contributed by atoms with Crippen LogP contribution >= 0.6 is 0 Å². The quantitative estimate of drug-likeness (QED) is 0.732. The van der Waals surface area contributed by atoms with E-state index in [-0.39, 0.29) is 12.0 Å². The van der Waals surface area contributed by atoms with Crippen LogP contribution in [0.15, 0.2) is 0 Å². The van der Waals surface area contributed by atoms with Gasteiger partial charge in [0.2, 0.25) is 0 Å². The molecule has 3 rings (SSSR count). The minimum absolute atomic E-state index is 0.154. The Balaban J connectivity index is 1.41. The summed E-state index contributed by atoms with van der Waals surface area (Å²) in [5, 5.41) is 3.22. The van der Waals surface area contributed by atoms with Gasteiger partial charge in [-0.3, -0.25) is 9.69 Å². The van der Waals surface area contributed by atoms with Crippen molar-refractivity contribution >= 4 is 5.91 Å². The molecule has 0 bridgehead atoms. The van der Waals surface area contributed by atoms with Gasteiger partial charge in [-0.05, 0) is 12.3 Å². The zero-order valence-electron chi connectivity index (χ0n) is 12.1. The van der Waals surface area contributed by atoms with Crippen molar-refractivity contribution < 1.29 is 14.3 Å². The van der Waals surface area contributed by atoms with Crippen molar-refractivity contribution in [3.05, 3.63) is 0 Å². The smallest absolute Gasteiger partial charge is 0.253 e. The van der Waals surface area contributed by atoms with Gasteiger partial charge < -0.3 is 19.7 Å². The summed E-state index contributed by atoms with van der Waals surface area (Å²) in [6.45, 7) is 8.67. The third-order valence-electron chi connectivity index (χ3n) is 4.43. The number of carbonyl (C=O) groups is 1. The number of amides is 1. The molecule has 0 saturated carbocycles. The largest absolute Gasteiger partial charge is 0.381 e. The molecule has 3 aliphatic heterocycles. The molecule has 20 heavy (non-hydrogen) atoms. The molecule has 2 unspecified atom stereocenters. The Bertz CT molecular complexity index is 320. The van der Waals surface area contributed by atoms with Gasteiger partial charge in [-0.25, -0.2) is 0 Å². The molecule has 1 amide bonds. The van der Waals surface area contributed by atoms with Gasteiger partial charge in [-0.15, -0.1) is 0 Å². The maximum atomic E-state index is 12.3. The maximum absolute atomic E-state index is 12.3. The number of rotatable bonds is 3. The van der Waals surface area contributed by atoms with Crippen LogP contribution in [0.1, 0.15) is 6.42 Å². The molecule has 0 aliphatic carbocycles. The Morgan fingerprint density at radius 3 is 2.70 bits per heavy atom. The Kier molecular flexibility index (Phi) is 4.88. The number of carbonyl (C=O) groups excluding carboxylic acids is 1. The molecule has 0 spiro atoms. The number of piperazine rings is 1. The van der Waals surface area contributed by atoms with Gasteiger partial charge in [0.25, 0.3) is 5.91 Å². The molecule has 6 heteroatoms. The van der Waals surface area contributed by atoms with Crippen LogP contribution in [0.5, 0.6) is 0 Å². The van der Waals surface area contributed by atoms with Crippen LogP contribution in [0.2, 0.25) is 0 Å². The molecule has 3 aliphatic rings. The predicted octanol–water partition coefficient (Wildman–Crippen LogP) is -0.844. The van der Waals surface area contributed by atoms with Crippen LogP contribution in [-0.2, 0) is 14.3 Å². The monoisotopic (exact) mass is 283 g/mol. The number of hydrogen-bond acceptors (Lipinski definition) is 5. The van der Waals surface area contributed by atoms with Crippen molar-refractivity contribution in [1.82, 2.24) is 15.1 Å². The lowest BCUT2D eigenvalue weighted by Gasteiger charge is -2.37. The van der Waals surface area contributed by atoms with E-state index >= 15 is 0 Å². The molecule has 1 N–H and O–H groups in total. The minimum Gasteiger partial charge on any atom is -0.381 e. The lowest BCUT2D eigenvalue weighted by atomic mass is 10.1. The summed E-state index contributed by atoms with van der Waals surface area (Å²) in [4.78, 5) is 16.7. The van der Waals surface area contributed by atoms with Crippen LogP contribution in [-0.4, -0.2) is 87.4 Å². The Hall–Kier alpha value is -0.690. The van der Waals surface area contributed by atoms with Crippen molar-refractivity contribution in [3.8, 4) is 0 Å². The highest BCUT2D eigenvalue weighted by Crippen LogP contribution is 2.15. The van der Waals surface area contributed by atoms with E-state index in [1.54, 1.807) is 0 Å². The Labute approximate surface area is 120 Å². The van der Waals surface area contributed by atoms with Gasteiger partial charge in [0.15, 0.2) is 0 Å². The van der Waals surface area contributed by atoms with E-state index < -0.39 is 0 Å². The fourth-order valence-electron chi connectivity index (χ4n) is 3.17. The number of hydrogen-bond donors (Lipinski definition) is 1. The van der Waals surface area contributed by atoms with Crippen molar-refractivity contribution in [2.45, 2.75) is 12.5 Å². The molecule has 2 atom stereocenters. The fraction of sp³-hybridized carbons (Fsp3) is 0.929. The molecule has 3 saturated heterocycles. The first-order chi connectivity index (χ1) is 9.83. The molecule has 114 valence electrons. The molecular weight excluding hydrogens is 258 g/mol. The average Bonchev–Trinajstić information content (AvgIpc) is 3.01. The SMILES string of the molecule is O=C(C1CNCCO1)N1CCN(CC2CCOC2)CC1. The Morgan fingerprint density at radius 1 is 1.20 bits per heavy atom. The van der Waals surface area contributed by atoms with Crippen molar-refractivity contribution in [1.29, 1.82) is 0 Å². The molecular formula is C14H25N3O3. The minimum atomic E-state index is -0.279. The van der Waals surface area contributed by atoms with E-state index in [0.29, 0.717) is 19.1 Å². The molecule has 0 radical (unpaired) electrons. The van der Waals surface area contributed by atoms with Crippen LogP contribution in [0.25, 0.3) is 0 Å². The highest BCUT2D eigenvalue weighted by molar-refractivity contribution is 5.81. The summed E-state index contributed by atoms with van der Waals surface area (Å²) < 4.78 is 11.0. The number of morpholine rings is 1.